The number of nitrogens with zero attached hydrogens (tertiary/aromatic N) is 1. The van der Waals surface area contributed by atoms with E-state index >= 15 is 0 Å². The Balaban J connectivity index is 2.10. The summed E-state index contributed by atoms with van der Waals surface area (Å²) in [6.07, 6.45) is 2.74. The SMILES string of the molecule is COCCc1ccccc1NC(C)c1ccccn1. The van der Waals surface area contributed by atoms with Crippen molar-refractivity contribution in [1.82, 2.24) is 4.98 Å². The predicted molar refractivity (Wildman–Crippen MR) is 78.3 cm³/mol. The summed E-state index contributed by atoms with van der Waals surface area (Å²) in [5.74, 6) is 0. The van der Waals surface area contributed by atoms with Crippen LogP contribution < -0.4 is 5.32 Å². The second-order valence-electron chi connectivity index (χ2n) is 4.52. The first-order valence-corrected chi connectivity index (χ1v) is 6.55. The maximum Gasteiger partial charge on any atom is 0.0657 e. The standard InChI is InChI=1S/C16H20N2O/c1-13(15-8-5-6-11-17-15)18-16-9-4-3-7-14(16)10-12-19-2/h3-9,11,13,18H,10,12H2,1-2H3. The average molecular weight is 256 g/mol. The molecule has 3 nitrogen and oxygen atoms in total. The van der Waals surface area contributed by atoms with Gasteiger partial charge in [0, 0.05) is 19.0 Å². The third-order valence-electron chi connectivity index (χ3n) is 3.10. The summed E-state index contributed by atoms with van der Waals surface area (Å²) in [6, 6.07) is 14.5. The number of para-hydroxylation sites is 1. The molecule has 0 aliphatic carbocycles. The number of ether oxygens (including phenoxy) is 1. The average Bonchev–Trinajstić information content (AvgIpc) is 2.47. The highest BCUT2D eigenvalue weighted by Gasteiger charge is 2.08. The summed E-state index contributed by atoms with van der Waals surface area (Å²) in [5, 5.41) is 3.52. The summed E-state index contributed by atoms with van der Waals surface area (Å²) in [5.41, 5.74) is 3.47. The van der Waals surface area contributed by atoms with Gasteiger partial charge < -0.3 is 10.1 Å². The molecule has 19 heavy (non-hydrogen) atoms. The first-order chi connectivity index (χ1) is 9.31. The van der Waals surface area contributed by atoms with Crippen LogP contribution in [0.5, 0.6) is 0 Å². The van der Waals surface area contributed by atoms with Crippen molar-refractivity contribution in [2.24, 2.45) is 0 Å². The molecule has 100 valence electrons. The molecular weight excluding hydrogens is 236 g/mol. The molecule has 1 unspecified atom stereocenters. The molecule has 2 aromatic rings. The number of hydrogen-bond acceptors (Lipinski definition) is 3. The lowest BCUT2D eigenvalue weighted by Crippen LogP contribution is -2.10. The number of nitrogens with one attached hydrogen (secondary N) is 1. The van der Waals surface area contributed by atoms with Crippen molar-refractivity contribution in [1.29, 1.82) is 0 Å². The van der Waals surface area contributed by atoms with Gasteiger partial charge in [0.05, 0.1) is 18.3 Å². The van der Waals surface area contributed by atoms with Crippen molar-refractivity contribution in [3.05, 3.63) is 59.9 Å². The molecule has 1 aromatic carbocycles. The van der Waals surface area contributed by atoms with Crippen LogP contribution in [-0.4, -0.2) is 18.7 Å². The summed E-state index contributed by atoms with van der Waals surface area (Å²) >= 11 is 0. The van der Waals surface area contributed by atoms with Crippen molar-refractivity contribution in [3.8, 4) is 0 Å². The smallest absolute Gasteiger partial charge is 0.0657 e. The van der Waals surface area contributed by atoms with E-state index < -0.39 is 0 Å². The topological polar surface area (TPSA) is 34.1 Å². The molecule has 0 amide bonds. The Morgan fingerprint density at radius 2 is 1.95 bits per heavy atom. The van der Waals surface area contributed by atoms with E-state index in [0.717, 1.165) is 24.4 Å². The zero-order valence-corrected chi connectivity index (χ0v) is 11.5. The lowest BCUT2D eigenvalue weighted by Gasteiger charge is -2.17. The van der Waals surface area contributed by atoms with Gasteiger partial charge in [-0.05, 0) is 37.1 Å². The number of rotatable bonds is 6. The van der Waals surface area contributed by atoms with Crippen LogP contribution in [0.3, 0.4) is 0 Å². The van der Waals surface area contributed by atoms with Gasteiger partial charge in [-0.1, -0.05) is 24.3 Å². The van der Waals surface area contributed by atoms with Crippen LogP contribution in [0, 0.1) is 0 Å². The molecule has 2 rings (SSSR count). The maximum atomic E-state index is 5.15. The molecule has 1 aromatic heterocycles. The van der Waals surface area contributed by atoms with Crippen molar-refractivity contribution in [3.63, 3.8) is 0 Å². The van der Waals surface area contributed by atoms with E-state index in [-0.39, 0.29) is 6.04 Å². The fourth-order valence-electron chi connectivity index (χ4n) is 2.03. The first kappa shape index (κ1) is 13.6. The molecule has 1 heterocycles. The van der Waals surface area contributed by atoms with Gasteiger partial charge in [-0.15, -0.1) is 0 Å². The quantitative estimate of drug-likeness (QED) is 0.859. The number of benzene rings is 1. The van der Waals surface area contributed by atoms with E-state index in [1.54, 1.807) is 7.11 Å². The minimum atomic E-state index is 0.185. The molecule has 0 bridgehead atoms. The minimum Gasteiger partial charge on any atom is -0.384 e. The molecule has 0 radical (unpaired) electrons. The van der Waals surface area contributed by atoms with Gasteiger partial charge in [-0.2, -0.15) is 0 Å². The van der Waals surface area contributed by atoms with E-state index in [4.69, 9.17) is 4.74 Å². The highest BCUT2D eigenvalue weighted by molar-refractivity contribution is 5.52. The highest BCUT2D eigenvalue weighted by Crippen LogP contribution is 2.21. The number of anilines is 1. The van der Waals surface area contributed by atoms with E-state index in [0.29, 0.717) is 0 Å². The third-order valence-corrected chi connectivity index (χ3v) is 3.10. The Labute approximate surface area is 114 Å². The van der Waals surface area contributed by atoms with Crippen molar-refractivity contribution >= 4 is 5.69 Å². The molecule has 0 saturated heterocycles. The van der Waals surface area contributed by atoms with E-state index in [2.05, 4.69) is 35.4 Å². The number of hydrogen-bond donors (Lipinski definition) is 1. The lowest BCUT2D eigenvalue weighted by molar-refractivity contribution is 0.202. The second-order valence-corrected chi connectivity index (χ2v) is 4.52. The largest absolute Gasteiger partial charge is 0.384 e. The second kappa shape index (κ2) is 6.90. The van der Waals surface area contributed by atoms with Gasteiger partial charge in [0.1, 0.15) is 0 Å². The Morgan fingerprint density at radius 1 is 1.16 bits per heavy atom. The summed E-state index contributed by atoms with van der Waals surface area (Å²) in [4.78, 5) is 4.38. The molecule has 0 fully saturated rings. The van der Waals surface area contributed by atoms with E-state index in [1.165, 1.54) is 5.56 Å². The van der Waals surface area contributed by atoms with E-state index in [9.17, 15) is 0 Å². The Morgan fingerprint density at radius 3 is 2.68 bits per heavy atom. The van der Waals surface area contributed by atoms with Gasteiger partial charge >= 0.3 is 0 Å². The van der Waals surface area contributed by atoms with Crippen LogP contribution >= 0.6 is 0 Å². The summed E-state index contributed by atoms with van der Waals surface area (Å²) in [6.45, 7) is 2.85. The fraction of sp³-hybridized carbons (Fsp3) is 0.312. The number of pyridine rings is 1. The van der Waals surface area contributed by atoms with Gasteiger partial charge in [-0.25, -0.2) is 0 Å². The van der Waals surface area contributed by atoms with E-state index in [1.807, 2.05) is 30.5 Å². The van der Waals surface area contributed by atoms with Gasteiger partial charge in [0.25, 0.3) is 0 Å². The third kappa shape index (κ3) is 3.80. The predicted octanol–water partition coefficient (Wildman–Crippen LogP) is 3.44. The zero-order valence-electron chi connectivity index (χ0n) is 11.5. The molecular formula is C16H20N2O. The number of aromatic nitrogens is 1. The maximum absolute atomic E-state index is 5.15. The van der Waals surface area contributed by atoms with Crippen LogP contribution in [0.15, 0.2) is 48.7 Å². The van der Waals surface area contributed by atoms with Gasteiger partial charge in [0.15, 0.2) is 0 Å². The van der Waals surface area contributed by atoms with Crippen molar-refractivity contribution < 1.29 is 4.74 Å². The Hall–Kier alpha value is -1.87. The number of methoxy groups -OCH3 is 1. The van der Waals surface area contributed by atoms with Crippen LogP contribution in [0.4, 0.5) is 5.69 Å². The van der Waals surface area contributed by atoms with Gasteiger partial charge in [0.2, 0.25) is 0 Å². The van der Waals surface area contributed by atoms with Gasteiger partial charge in [-0.3, -0.25) is 4.98 Å². The van der Waals surface area contributed by atoms with Crippen LogP contribution in [0.25, 0.3) is 0 Å². The summed E-state index contributed by atoms with van der Waals surface area (Å²) < 4.78 is 5.15. The van der Waals surface area contributed by atoms with Crippen LogP contribution in [0.2, 0.25) is 0 Å². The molecule has 1 atom stereocenters. The lowest BCUT2D eigenvalue weighted by atomic mass is 10.1. The van der Waals surface area contributed by atoms with Crippen LogP contribution in [-0.2, 0) is 11.2 Å². The minimum absolute atomic E-state index is 0.185. The first-order valence-electron chi connectivity index (χ1n) is 6.55. The Bertz CT molecular complexity index is 499. The molecule has 0 aliphatic heterocycles. The monoisotopic (exact) mass is 256 g/mol. The van der Waals surface area contributed by atoms with Crippen LogP contribution in [0.1, 0.15) is 24.2 Å². The molecule has 1 N–H and O–H groups in total. The van der Waals surface area contributed by atoms with Crippen molar-refractivity contribution in [2.75, 3.05) is 19.0 Å². The normalized spacial score (nSPS) is 12.1. The Kier molecular flexibility index (Phi) is 4.93. The molecule has 0 saturated carbocycles. The fourth-order valence-corrected chi connectivity index (χ4v) is 2.03. The van der Waals surface area contributed by atoms with Crippen molar-refractivity contribution in [2.45, 2.75) is 19.4 Å². The molecule has 0 spiro atoms. The summed E-state index contributed by atoms with van der Waals surface area (Å²) in [7, 11) is 1.73. The highest BCUT2D eigenvalue weighted by atomic mass is 16.5. The molecule has 3 heteroatoms. The molecule has 0 aliphatic rings. The zero-order chi connectivity index (χ0) is 13.5.